The average molecular weight is 299 g/mol. The highest BCUT2D eigenvalue weighted by Gasteiger charge is 2.21. The number of rotatable bonds is 6. The molecule has 0 aromatic rings. The minimum atomic E-state index is 0.616. The number of ether oxygens (including phenoxy) is 1. The fourth-order valence-corrected chi connectivity index (χ4v) is 2.21. The van der Waals surface area contributed by atoms with E-state index in [2.05, 4.69) is 48.3 Å². The molecule has 2 rings (SSSR count). The summed E-state index contributed by atoms with van der Waals surface area (Å²) in [6, 6.07) is 3.17. The van der Waals surface area contributed by atoms with Gasteiger partial charge in [-0.25, -0.2) is 0 Å². The Labute approximate surface area is 134 Å². The van der Waals surface area contributed by atoms with Crippen LogP contribution in [-0.4, -0.2) is 18.0 Å². The Balaban J connectivity index is 2.00. The predicted molar refractivity (Wildman–Crippen MR) is 88.6 cm³/mol. The van der Waals surface area contributed by atoms with Crippen molar-refractivity contribution in [2.24, 2.45) is 0 Å². The van der Waals surface area contributed by atoms with Gasteiger partial charge in [-0.05, 0) is 18.8 Å². The van der Waals surface area contributed by atoms with Gasteiger partial charge in [-0.2, -0.15) is 0 Å². The molecule has 0 spiro atoms. The third kappa shape index (κ3) is 4.67. The van der Waals surface area contributed by atoms with Gasteiger partial charge in [-0.3, -0.25) is 4.90 Å². The van der Waals surface area contributed by atoms with Gasteiger partial charge in [0, 0.05) is 19.0 Å². The van der Waals surface area contributed by atoms with Gasteiger partial charge in [0.05, 0.1) is 12.7 Å². The van der Waals surface area contributed by atoms with Crippen LogP contribution in [0.3, 0.4) is 0 Å². The molecule has 0 unspecified atom stereocenters. The Hall–Kier alpha value is -2.20. The van der Waals surface area contributed by atoms with Crippen molar-refractivity contribution >= 4 is 0 Å². The van der Waals surface area contributed by atoms with Crippen molar-refractivity contribution in [1.29, 1.82) is 0 Å². The monoisotopic (exact) mass is 299 g/mol. The van der Waals surface area contributed by atoms with Crippen molar-refractivity contribution in [3.63, 3.8) is 0 Å². The maximum absolute atomic E-state index is 5.95. The number of hydrogen-bond donors (Lipinski definition) is 2. The molecule has 4 nitrogen and oxygen atoms in total. The number of hydrogen-bond acceptors (Lipinski definition) is 4. The SMILES string of the molecule is CCCC#CC1=CNC2=C(O1)N(CCCCCC)C#CCN2. The van der Waals surface area contributed by atoms with Gasteiger partial charge in [0.15, 0.2) is 11.6 Å². The third-order valence-corrected chi connectivity index (χ3v) is 3.40. The van der Waals surface area contributed by atoms with Crippen molar-refractivity contribution in [2.75, 3.05) is 13.1 Å². The van der Waals surface area contributed by atoms with E-state index in [9.17, 15) is 0 Å². The van der Waals surface area contributed by atoms with Gasteiger partial charge in [0.2, 0.25) is 5.88 Å². The number of nitrogens with zero attached hydrogens (tertiary/aromatic N) is 1. The highest BCUT2D eigenvalue weighted by atomic mass is 16.5. The van der Waals surface area contributed by atoms with Crippen molar-refractivity contribution in [3.05, 3.63) is 23.7 Å². The second kappa shape index (κ2) is 8.95. The molecule has 0 saturated heterocycles. The lowest BCUT2D eigenvalue weighted by atomic mass is 10.2. The number of allylic oxidation sites excluding steroid dienone is 1. The van der Waals surface area contributed by atoms with Crippen molar-refractivity contribution in [2.45, 2.75) is 52.4 Å². The number of unbranched alkanes of at least 4 members (excludes halogenated alkanes) is 4. The van der Waals surface area contributed by atoms with Gasteiger partial charge in [-0.1, -0.05) is 45.0 Å². The molecule has 0 radical (unpaired) electrons. The van der Waals surface area contributed by atoms with Crippen LogP contribution < -0.4 is 10.6 Å². The summed E-state index contributed by atoms with van der Waals surface area (Å²) < 4.78 is 5.95. The number of nitrogens with one attached hydrogen (secondary N) is 2. The molecule has 2 aliphatic rings. The lowest BCUT2D eigenvalue weighted by Gasteiger charge is -2.25. The van der Waals surface area contributed by atoms with Crippen LogP contribution >= 0.6 is 0 Å². The lowest BCUT2D eigenvalue weighted by Crippen LogP contribution is -2.33. The minimum Gasteiger partial charge on any atom is -0.426 e. The molecule has 0 amide bonds. The molecule has 0 fully saturated rings. The largest absolute Gasteiger partial charge is 0.426 e. The predicted octanol–water partition coefficient (Wildman–Crippen LogP) is 2.82. The molecule has 22 heavy (non-hydrogen) atoms. The summed E-state index contributed by atoms with van der Waals surface area (Å²) in [5.41, 5.74) is 0. The van der Waals surface area contributed by atoms with E-state index in [1.807, 2.05) is 4.90 Å². The maximum atomic E-state index is 5.95. The zero-order chi connectivity index (χ0) is 15.6. The summed E-state index contributed by atoms with van der Waals surface area (Å²) in [5, 5.41) is 6.47. The molecule has 0 saturated carbocycles. The van der Waals surface area contributed by atoms with Crippen LogP contribution in [0.2, 0.25) is 0 Å². The van der Waals surface area contributed by atoms with Crippen LogP contribution in [-0.2, 0) is 4.74 Å². The van der Waals surface area contributed by atoms with Crippen LogP contribution in [0.5, 0.6) is 0 Å². The van der Waals surface area contributed by atoms with E-state index in [1.165, 1.54) is 19.3 Å². The Morgan fingerprint density at radius 2 is 2.18 bits per heavy atom. The van der Waals surface area contributed by atoms with Gasteiger partial charge >= 0.3 is 0 Å². The van der Waals surface area contributed by atoms with Crippen LogP contribution in [0.15, 0.2) is 23.7 Å². The average Bonchev–Trinajstić information content (AvgIpc) is 2.74. The first-order valence-electron chi connectivity index (χ1n) is 8.22. The van der Waals surface area contributed by atoms with Crippen molar-refractivity contribution < 1.29 is 4.74 Å². The lowest BCUT2D eigenvalue weighted by molar-refractivity contribution is 0.198. The fraction of sp³-hybridized carbons (Fsp3) is 0.556. The molecular formula is C18H25N3O. The summed E-state index contributed by atoms with van der Waals surface area (Å²) in [5.74, 6) is 11.5. The van der Waals surface area contributed by atoms with Crippen molar-refractivity contribution in [1.82, 2.24) is 15.5 Å². The summed E-state index contributed by atoms with van der Waals surface area (Å²) in [4.78, 5) is 1.99. The first-order chi connectivity index (χ1) is 10.8. The first kappa shape index (κ1) is 16.2. The van der Waals surface area contributed by atoms with E-state index in [4.69, 9.17) is 4.74 Å². The molecular weight excluding hydrogens is 274 g/mol. The Morgan fingerprint density at radius 1 is 1.27 bits per heavy atom. The smallest absolute Gasteiger partial charge is 0.249 e. The normalized spacial score (nSPS) is 15.7. The van der Waals surface area contributed by atoms with E-state index in [-0.39, 0.29) is 0 Å². The Morgan fingerprint density at radius 3 is 3.00 bits per heavy atom. The van der Waals surface area contributed by atoms with Crippen LogP contribution in [0, 0.1) is 23.8 Å². The third-order valence-electron chi connectivity index (χ3n) is 3.40. The van der Waals surface area contributed by atoms with Gasteiger partial charge in [-0.15, -0.1) is 0 Å². The van der Waals surface area contributed by atoms with Crippen LogP contribution in [0.4, 0.5) is 0 Å². The Kier molecular flexibility index (Phi) is 6.58. The summed E-state index contributed by atoms with van der Waals surface area (Å²) in [6.07, 6.45) is 8.57. The van der Waals surface area contributed by atoms with Crippen molar-refractivity contribution in [3.8, 4) is 23.8 Å². The molecule has 0 bridgehead atoms. The van der Waals surface area contributed by atoms with E-state index < -0.39 is 0 Å². The van der Waals surface area contributed by atoms with E-state index in [0.29, 0.717) is 12.3 Å². The highest BCUT2D eigenvalue weighted by molar-refractivity contribution is 5.31. The highest BCUT2D eigenvalue weighted by Crippen LogP contribution is 2.19. The van der Waals surface area contributed by atoms with E-state index >= 15 is 0 Å². The topological polar surface area (TPSA) is 36.5 Å². The molecule has 2 aliphatic heterocycles. The molecule has 0 aliphatic carbocycles. The standard InChI is InChI=1S/C18H25N3O/c1-3-5-7-9-13-21-14-10-12-19-17-18(21)22-16(15-20-17)11-8-6-4-2/h15,19-20H,3-7,9,12-13H2,1-2H3. The molecule has 2 N–H and O–H groups in total. The van der Waals surface area contributed by atoms with Crippen LogP contribution in [0.1, 0.15) is 52.4 Å². The quantitative estimate of drug-likeness (QED) is 0.584. The zero-order valence-electron chi connectivity index (χ0n) is 13.6. The van der Waals surface area contributed by atoms with Gasteiger partial charge in [0.1, 0.15) is 0 Å². The summed E-state index contributed by atoms with van der Waals surface area (Å²) in [7, 11) is 0. The first-order valence-corrected chi connectivity index (χ1v) is 8.22. The fourth-order valence-electron chi connectivity index (χ4n) is 2.21. The zero-order valence-corrected chi connectivity index (χ0v) is 13.6. The molecule has 4 heteroatoms. The summed E-state index contributed by atoms with van der Waals surface area (Å²) in [6.45, 7) is 5.83. The molecule has 0 aromatic heterocycles. The second-order valence-electron chi connectivity index (χ2n) is 5.34. The van der Waals surface area contributed by atoms with Gasteiger partial charge < -0.3 is 15.4 Å². The van der Waals surface area contributed by atoms with E-state index in [1.54, 1.807) is 6.20 Å². The summed E-state index contributed by atoms with van der Waals surface area (Å²) >= 11 is 0. The Bertz CT molecular complexity index is 554. The molecule has 2 heterocycles. The maximum Gasteiger partial charge on any atom is 0.249 e. The molecule has 0 aromatic carbocycles. The second-order valence-corrected chi connectivity index (χ2v) is 5.34. The van der Waals surface area contributed by atoms with Gasteiger partial charge in [0.25, 0.3) is 0 Å². The minimum absolute atomic E-state index is 0.616. The molecule has 118 valence electrons. The van der Waals surface area contributed by atoms with E-state index in [0.717, 1.165) is 37.5 Å². The molecule has 0 atom stereocenters. The van der Waals surface area contributed by atoms with Crippen LogP contribution in [0.25, 0.3) is 0 Å².